The van der Waals surface area contributed by atoms with Crippen molar-refractivity contribution in [2.24, 2.45) is 0 Å². The van der Waals surface area contributed by atoms with Crippen LogP contribution < -0.4 is 0 Å². The number of aliphatic hydroxyl groups excluding tert-OH is 1. The van der Waals surface area contributed by atoms with E-state index in [2.05, 4.69) is 4.98 Å². The molecule has 1 fully saturated rings. The third-order valence-electron chi connectivity index (χ3n) is 5.35. The highest BCUT2D eigenvalue weighted by molar-refractivity contribution is 5.92. The first-order chi connectivity index (χ1) is 13.5. The van der Waals surface area contributed by atoms with Crippen molar-refractivity contribution in [3.8, 4) is 11.3 Å². The van der Waals surface area contributed by atoms with E-state index >= 15 is 0 Å². The van der Waals surface area contributed by atoms with E-state index in [0.29, 0.717) is 6.42 Å². The lowest BCUT2D eigenvalue weighted by Crippen LogP contribution is -2.40. The summed E-state index contributed by atoms with van der Waals surface area (Å²) in [5.74, 6) is -1.31. The van der Waals surface area contributed by atoms with Crippen molar-refractivity contribution >= 4 is 22.8 Å². The van der Waals surface area contributed by atoms with Crippen LogP contribution in [0.5, 0.6) is 0 Å². The highest BCUT2D eigenvalue weighted by Crippen LogP contribution is 2.31. The van der Waals surface area contributed by atoms with Gasteiger partial charge in [0.1, 0.15) is 6.04 Å². The summed E-state index contributed by atoms with van der Waals surface area (Å²) < 4.78 is 0. The minimum atomic E-state index is -1.07. The number of aromatic nitrogens is 1. The predicted molar refractivity (Wildman–Crippen MR) is 106 cm³/mol. The fourth-order valence-electron chi connectivity index (χ4n) is 4.01. The number of aryl methyl sites for hydroxylation is 1. The zero-order valence-electron chi connectivity index (χ0n) is 15.3. The molecule has 0 spiro atoms. The second kappa shape index (κ2) is 7.48. The van der Waals surface area contributed by atoms with E-state index in [4.69, 9.17) is 0 Å². The number of β-amino-alcohol motifs (C(OH)–C–C–N with tert-alkyl or cyclic N) is 1. The number of aromatic amines is 1. The van der Waals surface area contributed by atoms with Crippen molar-refractivity contribution in [1.29, 1.82) is 0 Å². The summed E-state index contributed by atoms with van der Waals surface area (Å²) in [4.78, 5) is 28.9. The van der Waals surface area contributed by atoms with Crippen molar-refractivity contribution in [1.82, 2.24) is 9.88 Å². The zero-order valence-corrected chi connectivity index (χ0v) is 15.3. The van der Waals surface area contributed by atoms with Crippen molar-refractivity contribution in [2.45, 2.75) is 31.4 Å². The summed E-state index contributed by atoms with van der Waals surface area (Å²) in [5, 5.41) is 20.2. The monoisotopic (exact) mass is 378 g/mol. The van der Waals surface area contributed by atoms with E-state index in [1.54, 1.807) is 0 Å². The van der Waals surface area contributed by atoms with Crippen LogP contribution >= 0.6 is 0 Å². The highest BCUT2D eigenvalue weighted by atomic mass is 16.4. The molecule has 2 aromatic carbocycles. The molecule has 4 rings (SSSR count). The number of carbonyl (C=O) groups excluding carboxylic acids is 1. The molecule has 144 valence electrons. The van der Waals surface area contributed by atoms with Crippen molar-refractivity contribution in [3.63, 3.8) is 0 Å². The van der Waals surface area contributed by atoms with Crippen molar-refractivity contribution in [2.75, 3.05) is 6.54 Å². The van der Waals surface area contributed by atoms with Gasteiger partial charge in [-0.25, -0.2) is 4.79 Å². The topological polar surface area (TPSA) is 93.6 Å². The quantitative estimate of drug-likeness (QED) is 0.636. The van der Waals surface area contributed by atoms with E-state index in [9.17, 15) is 19.8 Å². The Morgan fingerprint density at radius 2 is 1.79 bits per heavy atom. The molecule has 2 heterocycles. The first-order valence-electron chi connectivity index (χ1n) is 9.40. The summed E-state index contributed by atoms with van der Waals surface area (Å²) in [7, 11) is 0. The molecule has 1 aromatic heterocycles. The number of carbonyl (C=O) groups is 2. The second-order valence-electron chi connectivity index (χ2n) is 7.18. The summed E-state index contributed by atoms with van der Waals surface area (Å²) in [6, 6.07) is 17.0. The highest BCUT2D eigenvalue weighted by Gasteiger charge is 2.38. The molecule has 3 aromatic rings. The standard InChI is InChI=1S/C22H22N2O4/c25-15-12-19(22(27)28)24(13-15)20(26)11-10-17-16-8-4-5-9-18(16)23-21(17)14-6-2-1-3-7-14/h1-9,15,19,23,25H,10-13H2,(H,27,28). The van der Waals surface area contributed by atoms with E-state index in [1.807, 2.05) is 54.6 Å². The molecule has 0 aliphatic carbocycles. The van der Waals surface area contributed by atoms with Gasteiger partial charge in [0.05, 0.1) is 6.10 Å². The van der Waals surface area contributed by atoms with Gasteiger partial charge in [0.2, 0.25) is 5.91 Å². The molecular weight excluding hydrogens is 356 g/mol. The van der Waals surface area contributed by atoms with Gasteiger partial charge in [-0.1, -0.05) is 48.5 Å². The summed E-state index contributed by atoms with van der Waals surface area (Å²) >= 11 is 0. The van der Waals surface area contributed by atoms with Crippen LogP contribution in [0.2, 0.25) is 0 Å². The van der Waals surface area contributed by atoms with Crippen LogP contribution in [-0.4, -0.2) is 50.7 Å². The van der Waals surface area contributed by atoms with Gasteiger partial charge in [0.25, 0.3) is 0 Å². The normalized spacial score (nSPS) is 19.2. The van der Waals surface area contributed by atoms with Gasteiger partial charge >= 0.3 is 5.97 Å². The Hall–Kier alpha value is -3.12. The number of para-hydroxylation sites is 1. The van der Waals surface area contributed by atoms with Crippen LogP contribution in [0.15, 0.2) is 54.6 Å². The molecule has 1 saturated heterocycles. The number of fused-ring (bicyclic) bond motifs is 1. The fourth-order valence-corrected chi connectivity index (χ4v) is 4.01. The molecular formula is C22H22N2O4. The lowest BCUT2D eigenvalue weighted by molar-refractivity contribution is -0.148. The summed E-state index contributed by atoms with van der Waals surface area (Å²) in [6.07, 6.45) is -0.00817. The number of nitrogens with one attached hydrogen (secondary N) is 1. The van der Waals surface area contributed by atoms with Crippen molar-refractivity contribution in [3.05, 3.63) is 60.2 Å². The van der Waals surface area contributed by atoms with Crippen molar-refractivity contribution < 1.29 is 19.8 Å². The fraction of sp³-hybridized carbons (Fsp3) is 0.273. The molecule has 1 aliphatic rings. The molecule has 28 heavy (non-hydrogen) atoms. The maximum Gasteiger partial charge on any atom is 0.326 e. The first-order valence-corrected chi connectivity index (χ1v) is 9.40. The lowest BCUT2D eigenvalue weighted by Gasteiger charge is -2.21. The van der Waals surface area contributed by atoms with Gasteiger partial charge < -0.3 is 20.1 Å². The van der Waals surface area contributed by atoms with Crippen LogP contribution in [0.1, 0.15) is 18.4 Å². The van der Waals surface area contributed by atoms with Crippen LogP contribution in [0, 0.1) is 0 Å². The van der Waals surface area contributed by atoms with Gasteiger partial charge in [-0.05, 0) is 23.6 Å². The maximum atomic E-state index is 12.7. The van der Waals surface area contributed by atoms with E-state index < -0.39 is 18.1 Å². The molecule has 0 saturated carbocycles. The number of carboxylic acid groups (broad SMARTS) is 1. The third-order valence-corrected chi connectivity index (χ3v) is 5.35. The Kier molecular flexibility index (Phi) is 4.88. The number of hydrogen-bond acceptors (Lipinski definition) is 3. The molecule has 2 atom stereocenters. The number of carboxylic acids is 1. The van der Waals surface area contributed by atoms with Crippen LogP contribution in [-0.2, 0) is 16.0 Å². The SMILES string of the molecule is O=C(O)C1CC(O)CN1C(=O)CCc1c(-c2ccccc2)[nH]c2ccccc12. The zero-order chi connectivity index (χ0) is 19.7. The minimum Gasteiger partial charge on any atom is -0.480 e. The van der Waals surface area contributed by atoms with Crippen LogP contribution in [0.4, 0.5) is 0 Å². The molecule has 0 bridgehead atoms. The van der Waals surface area contributed by atoms with Gasteiger partial charge in [-0.3, -0.25) is 4.79 Å². The minimum absolute atomic E-state index is 0.0786. The first kappa shape index (κ1) is 18.3. The Labute approximate surface area is 162 Å². The lowest BCUT2D eigenvalue weighted by atomic mass is 10.0. The number of aliphatic carboxylic acids is 1. The molecule has 1 aliphatic heterocycles. The predicted octanol–water partition coefficient (Wildman–Crippen LogP) is 2.81. The summed E-state index contributed by atoms with van der Waals surface area (Å²) in [5.41, 5.74) is 4.07. The van der Waals surface area contributed by atoms with Gasteiger partial charge in [-0.2, -0.15) is 0 Å². The van der Waals surface area contributed by atoms with E-state index in [0.717, 1.165) is 27.7 Å². The number of nitrogens with zero attached hydrogens (tertiary/aromatic N) is 1. The van der Waals surface area contributed by atoms with E-state index in [-0.39, 0.29) is 25.3 Å². The smallest absolute Gasteiger partial charge is 0.326 e. The number of hydrogen-bond donors (Lipinski definition) is 3. The Morgan fingerprint density at radius 1 is 1.07 bits per heavy atom. The third kappa shape index (κ3) is 3.39. The molecule has 3 N–H and O–H groups in total. The number of benzene rings is 2. The molecule has 0 radical (unpaired) electrons. The molecule has 6 nitrogen and oxygen atoms in total. The van der Waals surface area contributed by atoms with E-state index in [1.165, 1.54) is 4.90 Å². The molecule has 6 heteroatoms. The average Bonchev–Trinajstić information content (AvgIpc) is 3.28. The van der Waals surface area contributed by atoms with Gasteiger partial charge in [0.15, 0.2) is 0 Å². The maximum absolute atomic E-state index is 12.7. The summed E-state index contributed by atoms with van der Waals surface area (Å²) in [6.45, 7) is 0.0786. The molecule has 2 unspecified atom stereocenters. The Bertz CT molecular complexity index is 1010. The number of amides is 1. The number of H-pyrrole nitrogens is 1. The average molecular weight is 378 g/mol. The number of likely N-dealkylation sites (tertiary alicyclic amines) is 1. The van der Waals surface area contributed by atoms with Gasteiger partial charge in [0, 0.05) is 36.0 Å². The Balaban J connectivity index is 1.61. The van der Waals surface area contributed by atoms with Crippen LogP contribution in [0.25, 0.3) is 22.2 Å². The van der Waals surface area contributed by atoms with Crippen LogP contribution in [0.3, 0.4) is 0 Å². The number of aliphatic hydroxyl groups is 1. The Morgan fingerprint density at radius 3 is 2.54 bits per heavy atom. The van der Waals surface area contributed by atoms with Gasteiger partial charge in [-0.15, -0.1) is 0 Å². The number of rotatable bonds is 5. The second-order valence-corrected chi connectivity index (χ2v) is 7.18. The molecule has 1 amide bonds. The largest absolute Gasteiger partial charge is 0.480 e.